The van der Waals surface area contributed by atoms with Gasteiger partial charge in [0.1, 0.15) is 5.75 Å². The highest BCUT2D eigenvalue weighted by molar-refractivity contribution is 9.10. The molecule has 2 aromatic rings. The molecular formula is C10H5BrCl2N2O. The van der Waals surface area contributed by atoms with Gasteiger partial charge in [-0.1, -0.05) is 39.1 Å². The van der Waals surface area contributed by atoms with Gasteiger partial charge in [-0.15, -0.1) is 0 Å². The highest BCUT2D eigenvalue weighted by Gasteiger charge is 2.08. The van der Waals surface area contributed by atoms with Crippen molar-refractivity contribution in [3.05, 3.63) is 45.2 Å². The van der Waals surface area contributed by atoms with Gasteiger partial charge in [-0.25, -0.2) is 9.97 Å². The van der Waals surface area contributed by atoms with Crippen LogP contribution in [-0.4, -0.2) is 9.97 Å². The maximum absolute atomic E-state index is 5.96. The number of hydrogen-bond acceptors (Lipinski definition) is 3. The fourth-order valence-corrected chi connectivity index (χ4v) is 1.68. The molecule has 0 spiro atoms. The Morgan fingerprint density at radius 3 is 2.62 bits per heavy atom. The van der Waals surface area contributed by atoms with Crippen LogP contribution in [0.2, 0.25) is 10.2 Å². The highest BCUT2D eigenvalue weighted by Crippen LogP contribution is 2.32. The zero-order valence-electron chi connectivity index (χ0n) is 7.82. The summed E-state index contributed by atoms with van der Waals surface area (Å²) in [5, 5.41) is 0.670. The standard InChI is InChI=1S/C10H5BrCl2N2O/c11-6-1-2-7(12)8(5-6)16-10-9(13)14-3-4-15-10/h1-5H. The van der Waals surface area contributed by atoms with Crippen LogP contribution in [0.25, 0.3) is 0 Å². The van der Waals surface area contributed by atoms with Crippen LogP contribution in [0.1, 0.15) is 0 Å². The smallest absolute Gasteiger partial charge is 0.257 e. The van der Waals surface area contributed by atoms with Crippen LogP contribution in [0.5, 0.6) is 11.6 Å². The fraction of sp³-hybridized carbons (Fsp3) is 0. The molecule has 3 nitrogen and oxygen atoms in total. The van der Waals surface area contributed by atoms with Gasteiger partial charge in [0, 0.05) is 16.9 Å². The first-order valence-corrected chi connectivity index (χ1v) is 5.81. The molecule has 1 aromatic heterocycles. The molecule has 0 aliphatic heterocycles. The van der Waals surface area contributed by atoms with Crippen molar-refractivity contribution in [1.82, 2.24) is 9.97 Å². The van der Waals surface area contributed by atoms with E-state index in [4.69, 9.17) is 27.9 Å². The van der Waals surface area contributed by atoms with Crippen LogP contribution in [0.4, 0.5) is 0 Å². The SMILES string of the molecule is Clc1ccc(Br)cc1Oc1nccnc1Cl. The van der Waals surface area contributed by atoms with Crippen LogP contribution in [-0.2, 0) is 0 Å². The number of rotatable bonds is 2. The summed E-state index contributed by atoms with van der Waals surface area (Å²) < 4.78 is 6.31. The number of benzene rings is 1. The summed E-state index contributed by atoms with van der Waals surface area (Å²) in [6.45, 7) is 0. The van der Waals surface area contributed by atoms with E-state index >= 15 is 0 Å². The Bertz CT molecular complexity index is 522. The molecule has 1 aromatic carbocycles. The first kappa shape index (κ1) is 11.6. The van der Waals surface area contributed by atoms with Gasteiger partial charge in [0.15, 0.2) is 5.15 Å². The van der Waals surface area contributed by atoms with Crippen molar-refractivity contribution in [1.29, 1.82) is 0 Å². The van der Waals surface area contributed by atoms with Gasteiger partial charge < -0.3 is 4.74 Å². The molecule has 0 radical (unpaired) electrons. The number of nitrogens with zero attached hydrogens (tertiary/aromatic N) is 2. The van der Waals surface area contributed by atoms with Crippen LogP contribution in [0.3, 0.4) is 0 Å². The molecule has 0 aliphatic rings. The second-order valence-corrected chi connectivity index (χ2v) is 4.51. The maximum atomic E-state index is 5.96. The molecule has 0 aliphatic carbocycles. The molecule has 1 heterocycles. The molecule has 0 N–H and O–H groups in total. The summed E-state index contributed by atoms with van der Waals surface area (Å²) in [5.41, 5.74) is 0. The summed E-state index contributed by atoms with van der Waals surface area (Å²) >= 11 is 15.1. The van der Waals surface area contributed by atoms with E-state index in [1.165, 1.54) is 12.4 Å². The van der Waals surface area contributed by atoms with Gasteiger partial charge in [-0.2, -0.15) is 0 Å². The van der Waals surface area contributed by atoms with E-state index in [0.29, 0.717) is 10.8 Å². The molecule has 0 fully saturated rings. The van der Waals surface area contributed by atoms with Gasteiger partial charge in [-0.05, 0) is 18.2 Å². The van der Waals surface area contributed by atoms with Gasteiger partial charge >= 0.3 is 0 Å². The van der Waals surface area contributed by atoms with Crippen LogP contribution >= 0.6 is 39.1 Å². The Hall–Kier alpha value is -0.840. The van der Waals surface area contributed by atoms with Crippen molar-refractivity contribution in [2.75, 3.05) is 0 Å². The third-order valence-corrected chi connectivity index (χ3v) is 2.79. The third kappa shape index (κ3) is 2.64. The number of halogens is 3. The average Bonchev–Trinajstić information content (AvgIpc) is 2.27. The number of hydrogen-bond donors (Lipinski definition) is 0. The topological polar surface area (TPSA) is 35.0 Å². The van der Waals surface area contributed by atoms with E-state index in [2.05, 4.69) is 25.9 Å². The minimum atomic E-state index is 0.193. The predicted octanol–water partition coefficient (Wildman–Crippen LogP) is 4.34. The molecule has 0 bridgehead atoms. The lowest BCUT2D eigenvalue weighted by Gasteiger charge is -2.07. The molecule has 16 heavy (non-hydrogen) atoms. The first-order valence-electron chi connectivity index (χ1n) is 4.26. The monoisotopic (exact) mass is 318 g/mol. The van der Waals surface area contributed by atoms with Crippen molar-refractivity contribution in [3.63, 3.8) is 0 Å². The van der Waals surface area contributed by atoms with E-state index < -0.39 is 0 Å². The van der Waals surface area contributed by atoms with Crippen molar-refractivity contribution in [2.45, 2.75) is 0 Å². The first-order chi connectivity index (χ1) is 7.66. The second-order valence-electron chi connectivity index (χ2n) is 2.83. The molecule has 2 rings (SSSR count). The molecule has 0 unspecified atom stereocenters. The van der Waals surface area contributed by atoms with E-state index in [9.17, 15) is 0 Å². The number of ether oxygens (including phenoxy) is 1. The lowest BCUT2D eigenvalue weighted by molar-refractivity contribution is 0.460. The minimum Gasteiger partial charge on any atom is -0.435 e. The van der Waals surface area contributed by atoms with Crippen LogP contribution in [0.15, 0.2) is 35.1 Å². The zero-order valence-corrected chi connectivity index (χ0v) is 10.9. The highest BCUT2D eigenvalue weighted by atomic mass is 79.9. The summed E-state index contributed by atoms with van der Waals surface area (Å²) in [7, 11) is 0. The predicted molar refractivity (Wildman–Crippen MR) is 66.3 cm³/mol. The lowest BCUT2D eigenvalue weighted by Crippen LogP contribution is -1.91. The third-order valence-electron chi connectivity index (χ3n) is 1.72. The van der Waals surface area contributed by atoms with Gasteiger partial charge in [0.2, 0.25) is 0 Å². The van der Waals surface area contributed by atoms with E-state index in [1.54, 1.807) is 12.1 Å². The summed E-state index contributed by atoms with van der Waals surface area (Å²) in [4.78, 5) is 7.80. The van der Waals surface area contributed by atoms with Crippen molar-refractivity contribution in [2.24, 2.45) is 0 Å². The van der Waals surface area contributed by atoms with E-state index in [-0.39, 0.29) is 11.0 Å². The van der Waals surface area contributed by atoms with Crippen LogP contribution in [0, 0.1) is 0 Å². The largest absolute Gasteiger partial charge is 0.435 e. The summed E-state index contributed by atoms with van der Waals surface area (Å²) in [6.07, 6.45) is 2.98. The van der Waals surface area contributed by atoms with Gasteiger partial charge in [0.05, 0.1) is 5.02 Å². The molecule has 6 heteroatoms. The Morgan fingerprint density at radius 1 is 1.12 bits per heavy atom. The summed E-state index contributed by atoms with van der Waals surface area (Å²) in [6, 6.07) is 5.26. The molecule has 0 atom stereocenters. The molecule has 0 saturated carbocycles. The lowest BCUT2D eigenvalue weighted by atomic mass is 10.3. The fourth-order valence-electron chi connectivity index (χ4n) is 1.04. The quantitative estimate of drug-likeness (QED) is 0.826. The molecule has 82 valence electrons. The molecule has 0 amide bonds. The van der Waals surface area contributed by atoms with Crippen molar-refractivity contribution < 1.29 is 4.74 Å². The Kier molecular flexibility index (Phi) is 3.63. The zero-order chi connectivity index (χ0) is 11.5. The molecular weight excluding hydrogens is 315 g/mol. The second kappa shape index (κ2) is 4.99. The van der Waals surface area contributed by atoms with Crippen molar-refractivity contribution in [3.8, 4) is 11.6 Å². The van der Waals surface area contributed by atoms with Crippen LogP contribution < -0.4 is 4.74 Å². The Balaban J connectivity index is 2.34. The van der Waals surface area contributed by atoms with Crippen molar-refractivity contribution >= 4 is 39.1 Å². The normalized spacial score (nSPS) is 10.2. The Morgan fingerprint density at radius 2 is 1.88 bits per heavy atom. The van der Waals surface area contributed by atoms with Gasteiger partial charge in [0.25, 0.3) is 5.88 Å². The number of aromatic nitrogens is 2. The van der Waals surface area contributed by atoms with Gasteiger partial charge in [-0.3, -0.25) is 0 Å². The minimum absolute atomic E-state index is 0.193. The molecule has 0 saturated heterocycles. The van der Waals surface area contributed by atoms with E-state index in [1.807, 2.05) is 6.07 Å². The summed E-state index contributed by atoms with van der Waals surface area (Å²) in [5.74, 6) is 0.697. The maximum Gasteiger partial charge on any atom is 0.257 e. The average molecular weight is 320 g/mol. The Labute approximate surface area is 111 Å². The van der Waals surface area contributed by atoms with E-state index in [0.717, 1.165) is 4.47 Å².